The standard InChI is InChI=1S/C16H23N3O2/c1-11(14-10-19(3)18-12(14)2)17-9-13-7-6-8-15(20-4)16(13)21-5/h6-8,10-11,17H,9H2,1-5H3. The van der Waals surface area contributed by atoms with Crippen molar-refractivity contribution in [1.29, 1.82) is 0 Å². The fraction of sp³-hybridized carbons (Fsp3) is 0.438. The van der Waals surface area contributed by atoms with E-state index in [1.807, 2.05) is 36.9 Å². The second kappa shape index (κ2) is 6.63. The van der Waals surface area contributed by atoms with E-state index in [2.05, 4.69) is 23.5 Å². The van der Waals surface area contributed by atoms with Crippen LogP contribution >= 0.6 is 0 Å². The average molecular weight is 289 g/mol. The summed E-state index contributed by atoms with van der Waals surface area (Å²) in [6, 6.07) is 6.13. The first-order valence-corrected chi connectivity index (χ1v) is 7.00. The Bertz CT molecular complexity index is 608. The van der Waals surface area contributed by atoms with Gasteiger partial charge >= 0.3 is 0 Å². The van der Waals surface area contributed by atoms with Crippen molar-refractivity contribution in [2.75, 3.05) is 14.2 Å². The highest BCUT2D eigenvalue weighted by Gasteiger charge is 2.14. The van der Waals surface area contributed by atoms with Crippen LogP contribution in [0.2, 0.25) is 0 Å². The van der Waals surface area contributed by atoms with Crippen molar-refractivity contribution < 1.29 is 9.47 Å². The molecule has 1 heterocycles. The zero-order chi connectivity index (χ0) is 15.4. The highest BCUT2D eigenvalue weighted by molar-refractivity contribution is 5.46. The van der Waals surface area contributed by atoms with Gasteiger partial charge in [0.1, 0.15) is 0 Å². The monoisotopic (exact) mass is 289 g/mol. The van der Waals surface area contributed by atoms with Gasteiger partial charge in [-0.1, -0.05) is 12.1 Å². The lowest BCUT2D eigenvalue weighted by molar-refractivity contribution is 0.350. The molecule has 0 aliphatic rings. The Morgan fingerprint density at radius 3 is 2.62 bits per heavy atom. The third-order valence-corrected chi connectivity index (χ3v) is 3.60. The van der Waals surface area contributed by atoms with E-state index in [4.69, 9.17) is 9.47 Å². The van der Waals surface area contributed by atoms with Gasteiger partial charge in [0.25, 0.3) is 0 Å². The molecule has 0 aliphatic heterocycles. The first-order chi connectivity index (χ1) is 10.1. The number of aromatic nitrogens is 2. The highest BCUT2D eigenvalue weighted by atomic mass is 16.5. The molecule has 0 saturated carbocycles. The van der Waals surface area contributed by atoms with Crippen LogP contribution in [0.1, 0.15) is 29.8 Å². The van der Waals surface area contributed by atoms with Gasteiger partial charge in [0.15, 0.2) is 11.5 Å². The summed E-state index contributed by atoms with van der Waals surface area (Å²) in [6.45, 7) is 4.87. The molecule has 114 valence electrons. The summed E-state index contributed by atoms with van der Waals surface area (Å²) in [5, 5.41) is 7.89. The van der Waals surface area contributed by atoms with Gasteiger partial charge in [-0.3, -0.25) is 4.68 Å². The van der Waals surface area contributed by atoms with E-state index in [9.17, 15) is 0 Å². The van der Waals surface area contributed by atoms with Gasteiger partial charge in [-0.05, 0) is 19.9 Å². The smallest absolute Gasteiger partial charge is 0.165 e. The van der Waals surface area contributed by atoms with Crippen LogP contribution in [0.4, 0.5) is 0 Å². The third-order valence-electron chi connectivity index (χ3n) is 3.60. The molecule has 1 aromatic heterocycles. The molecule has 0 radical (unpaired) electrons. The van der Waals surface area contributed by atoms with E-state index < -0.39 is 0 Å². The molecule has 0 fully saturated rings. The molecule has 2 aromatic rings. The van der Waals surface area contributed by atoms with Gasteiger partial charge in [0.2, 0.25) is 0 Å². The van der Waals surface area contributed by atoms with Crippen LogP contribution in [0.25, 0.3) is 0 Å². The van der Waals surface area contributed by atoms with Crippen LogP contribution in [0, 0.1) is 6.92 Å². The molecule has 0 saturated heterocycles. The van der Waals surface area contributed by atoms with Crippen molar-refractivity contribution in [2.45, 2.75) is 26.4 Å². The summed E-state index contributed by atoms with van der Waals surface area (Å²) in [4.78, 5) is 0. The minimum absolute atomic E-state index is 0.217. The number of hydrogen-bond acceptors (Lipinski definition) is 4. The Labute approximate surface area is 125 Å². The topological polar surface area (TPSA) is 48.3 Å². The van der Waals surface area contributed by atoms with Crippen molar-refractivity contribution in [3.63, 3.8) is 0 Å². The molecule has 5 nitrogen and oxygen atoms in total. The van der Waals surface area contributed by atoms with E-state index in [-0.39, 0.29) is 6.04 Å². The zero-order valence-electron chi connectivity index (χ0n) is 13.3. The zero-order valence-corrected chi connectivity index (χ0v) is 13.3. The van der Waals surface area contributed by atoms with Crippen molar-refractivity contribution in [3.05, 3.63) is 41.2 Å². The van der Waals surface area contributed by atoms with E-state index in [0.717, 1.165) is 22.8 Å². The molecule has 0 bridgehead atoms. The lowest BCUT2D eigenvalue weighted by atomic mass is 10.1. The summed E-state index contributed by atoms with van der Waals surface area (Å²) in [5.41, 5.74) is 3.33. The van der Waals surface area contributed by atoms with Crippen LogP contribution < -0.4 is 14.8 Å². The maximum absolute atomic E-state index is 5.45. The third kappa shape index (κ3) is 3.36. The number of ether oxygens (including phenoxy) is 2. The van der Waals surface area contributed by atoms with Crippen LogP contribution in [0.15, 0.2) is 24.4 Å². The minimum atomic E-state index is 0.217. The molecule has 21 heavy (non-hydrogen) atoms. The number of nitrogens with zero attached hydrogens (tertiary/aromatic N) is 2. The number of para-hydroxylation sites is 1. The predicted molar refractivity (Wildman–Crippen MR) is 82.7 cm³/mol. The molecule has 1 atom stereocenters. The van der Waals surface area contributed by atoms with Gasteiger partial charge in [-0.25, -0.2) is 0 Å². The number of hydrogen-bond donors (Lipinski definition) is 1. The summed E-state index contributed by atoms with van der Waals surface area (Å²) in [7, 11) is 5.25. The van der Waals surface area contributed by atoms with Crippen molar-refractivity contribution in [3.8, 4) is 11.5 Å². The van der Waals surface area contributed by atoms with Gasteiger partial charge < -0.3 is 14.8 Å². The summed E-state index contributed by atoms with van der Waals surface area (Å²) >= 11 is 0. The first kappa shape index (κ1) is 15.4. The predicted octanol–water partition coefficient (Wildman–Crippen LogP) is 2.60. The Kier molecular flexibility index (Phi) is 4.85. The Morgan fingerprint density at radius 1 is 1.29 bits per heavy atom. The van der Waals surface area contributed by atoms with Gasteiger partial charge in [0.05, 0.1) is 19.9 Å². The maximum atomic E-state index is 5.45. The molecule has 1 aromatic carbocycles. The minimum Gasteiger partial charge on any atom is -0.493 e. The van der Waals surface area contributed by atoms with E-state index >= 15 is 0 Å². The SMILES string of the molecule is COc1cccc(CNC(C)c2cn(C)nc2C)c1OC. The van der Waals surface area contributed by atoms with Crippen LogP contribution in [0.3, 0.4) is 0 Å². The Hall–Kier alpha value is -2.01. The Morgan fingerprint density at radius 2 is 2.05 bits per heavy atom. The molecule has 1 N–H and O–H groups in total. The van der Waals surface area contributed by atoms with Gasteiger partial charge in [-0.15, -0.1) is 0 Å². The lowest BCUT2D eigenvalue weighted by Crippen LogP contribution is -2.19. The van der Waals surface area contributed by atoms with E-state index in [1.165, 1.54) is 5.56 Å². The van der Waals surface area contributed by atoms with Crippen molar-refractivity contribution in [2.24, 2.45) is 7.05 Å². The maximum Gasteiger partial charge on any atom is 0.165 e. The first-order valence-electron chi connectivity index (χ1n) is 7.00. The summed E-state index contributed by atoms with van der Waals surface area (Å²) < 4.78 is 12.6. The van der Waals surface area contributed by atoms with Crippen LogP contribution in [-0.4, -0.2) is 24.0 Å². The molecular formula is C16H23N3O2. The fourth-order valence-electron chi connectivity index (χ4n) is 2.51. The second-order valence-electron chi connectivity index (χ2n) is 5.10. The highest BCUT2D eigenvalue weighted by Crippen LogP contribution is 2.31. The van der Waals surface area contributed by atoms with Gasteiger partial charge in [0, 0.05) is 37.0 Å². The fourth-order valence-corrected chi connectivity index (χ4v) is 2.51. The van der Waals surface area contributed by atoms with E-state index in [0.29, 0.717) is 6.54 Å². The quantitative estimate of drug-likeness (QED) is 0.888. The summed E-state index contributed by atoms with van der Waals surface area (Å²) in [5.74, 6) is 1.53. The van der Waals surface area contributed by atoms with E-state index in [1.54, 1.807) is 14.2 Å². The molecular weight excluding hydrogens is 266 g/mol. The molecule has 0 amide bonds. The number of rotatable bonds is 6. The summed E-state index contributed by atoms with van der Waals surface area (Å²) in [6.07, 6.45) is 2.05. The second-order valence-corrected chi connectivity index (χ2v) is 5.10. The van der Waals surface area contributed by atoms with Crippen LogP contribution in [-0.2, 0) is 13.6 Å². The average Bonchev–Trinajstić information content (AvgIpc) is 2.82. The number of aryl methyl sites for hydroxylation is 2. The molecule has 5 heteroatoms. The molecule has 0 spiro atoms. The largest absolute Gasteiger partial charge is 0.493 e. The number of benzene rings is 1. The normalized spacial score (nSPS) is 12.2. The molecule has 2 rings (SSSR count). The van der Waals surface area contributed by atoms with Crippen molar-refractivity contribution >= 4 is 0 Å². The van der Waals surface area contributed by atoms with Crippen LogP contribution in [0.5, 0.6) is 11.5 Å². The Balaban J connectivity index is 2.11. The number of methoxy groups -OCH3 is 2. The van der Waals surface area contributed by atoms with Crippen molar-refractivity contribution in [1.82, 2.24) is 15.1 Å². The number of nitrogens with one attached hydrogen (secondary N) is 1. The molecule has 0 aliphatic carbocycles. The lowest BCUT2D eigenvalue weighted by Gasteiger charge is -2.16. The molecule has 1 unspecified atom stereocenters. The van der Waals surface area contributed by atoms with Gasteiger partial charge in [-0.2, -0.15) is 5.10 Å².